The molecule has 1 aromatic heterocycles. The van der Waals surface area contributed by atoms with Gasteiger partial charge in [0.1, 0.15) is 0 Å². The third kappa shape index (κ3) is 3.82. The summed E-state index contributed by atoms with van der Waals surface area (Å²) in [5.74, 6) is 0.109. The van der Waals surface area contributed by atoms with Crippen molar-refractivity contribution in [3.05, 3.63) is 19.2 Å². The van der Waals surface area contributed by atoms with E-state index in [9.17, 15) is 4.79 Å². The van der Waals surface area contributed by atoms with Crippen molar-refractivity contribution in [3.8, 4) is 0 Å². The van der Waals surface area contributed by atoms with Gasteiger partial charge in [0.2, 0.25) is 0 Å². The molecule has 0 atom stereocenters. The number of alkyl halides is 1. The van der Waals surface area contributed by atoms with E-state index in [1.807, 2.05) is 11.0 Å². The Morgan fingerprint density at radius 2 is 2.12 bits per heavy atom. The molecule has 90 valence electrons. The van der Waals surface area contributed by atoms with Gasteiger partial charge >= 0.3 is 0 Å². The lowest BCUT2D eigenvalue weighted by molar-refractivity contribution is 0.0771. The van der Waals surface area contributed by atoms with Gasteiger partial charge in [0.25, 0.3) is 5.91 Å². The monoisotopic (exact) mass is 431 g/mol. The highest BCUT2D eigenvalue weighted by atomic mass is 79.9. The molecule has 6 heteroatoms. The molecule has 1 rings (SSSR count). The largest absolute Gasteiger partial charge is 0.337 e. The van der Waals surface area contributed by atoms with Gasteiger partial charge in [0.15, 0.2) is 0 Å². The van der Waals surface area contributed by atoms with E-state index in [4.69, 9.17) is 0 Å². The fraction of sp³-hybridized carbons (Fsp3) is 0.500. The van der Waals surface area contributed by atoms with Gasteiger partial charge in [-0.15, -0.1) is 11.3 Å². The second-order valence-corrected chi connectivity index (χ2v) is 7.23. The van der Waals surface area contributed by atoms with Crippen molar-refractivity contribution in [1.29, 1.82) is 0 Å². The zero-order chi connectivity index (χ0) is 12.1. The Morgan fingerprint density at radius 1 is 1.44 bits per heavy atom. The molecule has 2 nitrogen and oxygen atoms in total. The normalized spacial score (nSPS) is 10.5. The summed E-state index contributed by atoms with van der Waals surface area (Å²) >= 11 is 11.6. The van der Waals surface area contributed by atoms with Crippen LogP contribution < -0.4 is 0 Å². The molecule has 0 unspecified atom stereocenters. The third-order valence-electron chi connectivity index (χ3n) is 1.99. The first kappa shape index (κ1) is 14.7. The molecule has 0 aromatic carbocycles. The predicted molar refractivity (Wildman–Crippen MR) is 79.7 cm³/mol. The van der Waals surface area contributed by atoms with Gasteiger partial charge in [0, 0.05) is 22.9 Å². The summed E-state index contributed by atoms with van der Waals surface area (Å²) < 4.78 is 1.90. The molecule has 1 heterocycles. The van der Waals surface area contributed by atoms with Crippen LogP contribution in [0.2, 0.25) is 0 Å². The quantitative estimate of drug-likeness (QED) is 0.625. The van der Waals surface area contributed by atoms with Crippen molar-refractivity contribution in [2.24, 2.45) is 0 Å². The number of hydrogen-bond donors (Lipinski definition) is 0. The molecule has 1 amide bonds. The first-order valence-corrected chi connectivity index (χ1v) is 8.42. The van der Waals surface area contributed by atoms with E-state index in [1.165, 1.54) is 11.3 Å². The summed E-state index contributed by atoms with van der Waals surface area (Å²) in [5, 5.41) is 0.812. The standard InChI is InChI=1S/C10H12Br3NOS/c1-2-4-14(5-3-11)10(15)8-6-7(12)9(13)16-8/h6H,2-5H2,1H3. The van der Waals surface area contributed by atoms with Crippen LogP contribution in [-0.4, -0.2) is 29.2 Å². The highest BCUT2D eigenvalue weighted by molar-refractivity contribution is 9.13. The first-order chi connectivity index (χ1) is 7.60. The molecule has 0 bridgehead atoms. The molecule has 0 N–H and O–H groups in total. The maximum atomic E-state index is 12.2. The minimum absolute atomic E-state index is 0.109. The highest BCUT2D eigenvalue weighted by Crippen LogP contribution is 2.33. The molecular weight excluding hydrogens is 422 g/mol. The average Bonchev–Trinajstić information content (AvgIpc) is 2.58. The number of nitrogens with zero attached hydrogens (tertiary/aromatic N) is 1. The number of carbonyl (C=O) groups excluding carboxylic acids is 1. The zero-order valence-corrected chi connectivity index (χ0v) is 14.4. The third-order valence-corrected chi connectivity index (χ3v) is 5.59. The molecule has 0 fully saturated rings. The fourth-order valence-corrected chi connectivity index (χ4v) is 3.73. The lowest BCUT2D eigenvalue weighted by Crippen LogP contribution is -2.32. The Bertz CT molecular complexity index is 341. The van der Waals surface area contributed by atoms with Gasteiger partial charge in [-0.2, -0.15) is 0 Å². The van der Waals surface area contributed by atoms with Crippen LogP contribution in [0.1, 0.15) is 23.0 Å². The topological polar surface area (TPSA) is 20.3 Å². The maximum Gasteiger partial charge on any atom is 0.264 e. The van der Waals surface area contributed by atoms with Gasteiger partial charge in [0.05, 0.1) is 8.66 Å². The van der Waals surface area contributed by atoms with Crippen LogP contribution in [0.3, 0.4) is 0 Å². The minimum atomic E-state index is 0.109. The van der Waals surface area contributed by atoms with E-state index in [-0.39, 0.29) is 5.91 Å². The summed E-state index contributed by atoms with van der Waals surface area (Å²) in [5.41, 5.74) is 0. The van der Waals surface area contributed by atoms with E-state index >= 15 is 0 Å². The van der Waals surface area contributed by atoms with Gasteiger partial charge in [-0.25, -0.2) is 0 Å². The van der Waals surface area contributed by atoms with E-state index in [1.54, 1.807) is 0 Å². The van der Waals surface area contributed by atoms with Crippen molar-refractivity contribution >= 4 is 65.0 Å². The van der Waals surface area contributed by atoms with Gasteiger partial charge < -0.3 is 4.90 Å². The molecule has 0 aliphatic heterocycles. The summed E-state index contributed by atoms with van der Waals surface area (Å²) in [4.78, 5) is 14.8. The molecule has 0 aliphatic rings. The Labute approximate surface area is 125 Å². The van der Waals surface area contributed by atoms with Crippen molar-refractivity contribution < 1.29 is 4.79 Å². The molecule has 0 saturated carbocycles. The number of amides is 1. The van der Waals surface area contributed by atoms with E-state index in [0.29, 0.717) is 0 Å². The minimum Gasteiger partial charge on any atom is -0.337 e. The van der Waals surface area contributed by atoms with Crippen LogP contribution in [0, 0.1) is 0 Å². The summed E-state index contributed by atoms with van der Waals surface area (Å²) in [7, 11) is 0. The average molecular weight is 434 g/mol. The molecule has 0 saturated heterocycles. The smallest absolute Gasteiger partial charge is 0.264 e. The van der Waals surface area contributed by atoms with Crippen molar-refractivity contribution in [3.63, 3.8) is 0 Å². The summed E-state index contributed by atoms with van der Waals surface area (Å²) in [6.45, 7) is 3.63. The van der Waals surface area contributed by atoms with Gasteiger partial charge in [-0.1, -0.05) is 22.9 Å². The molecule has 1 aromatic rings. The van der Waals surface area contributed by atoms with Crippen molar-refractivity contribution in [2.45, 2.75) is 13.3 Å². The van der Waals surface area contributed by atoms with Crippen LogP contribution in [0.4, 0.5) is 0 Å². The second kappa shape index (κ2) is 7.13. The number of hydrogen-bond acceptors (Lipinski definition) is 2. The molecule has 0 spiro atoms. The molecule has 16 heavy (non-hydrogen) atoms. The van der Waals surface area contributed by atoms with Gasteiger partial charge in [-0.3, -0.25) is 4.79 Å². The van der Waals surface area contributed by atoms with Crippen molar-refractivity contribution in [2.75, 3.05) is 18.4 Å². The van der Waals surface area contributed by atoms with E-state index in [0.717, 1.165) is 38.0 Å². The first-order valence-electron chi connectivity index (χ1n) is 4.90. The van der Waals surface area contributed by atoms with E-state index in [2.05, 4.69) is 54.7 Å². The summed E-state index contributed by atoms with van der Waals surface area (Å²) in [6, 6.07) is 1.87. The maximum absolute atomic E-state index is 12.2. The number of rotatable bonds is 5. The molecule has 0 radical (unpaired) electrons. The van der Waals surface area contributed by atoms with Crippen LogP contribution in [-0.2, 0) is 0 Å². The Balaban J connectivity index is 2.81. The summed E-state index contributed by atoms with van der Waals surface area (Å²) in [6.07, 6.45) is 0.979. The lowest BCUT2D eigenvalue weighted by Gasteiger charge is -2.20. The molecule has 0 aliphatic carbocycles. The Kier molecular flexibility index (Phi) is 6.54. The fourth-order valence-electron chi connectivity index (χ4n) is 1.29. The predicted octanol–water partition coefficient (Wildman–Crippen LogP) is 4.52. The molecular formula is C10H12Br3NOS. The number of carbonyl (C=O) groups is 1. The van der Waals surface area contributed by atoms with E-state index < -0.39 is 0 Å². The Morgan fingerprint density at radius 3 is 2.56 bits per heavy atom. The zero-order valence-electron chi connectivity index (χ0n) is 8.80. The second-order valence-electron chi connectivity index (χ2n) is 3.21. The highest BCUT2D eigenvalue weighted by Gasteiger charge is 2.17. The van der Waals surface area contributed by atoms with Crippen LogP contribution in [0.5, 0.6) is 0 Å². The number of halogens is 3. The lowest BCUT2D eigenvalue weighted by atomic mass is 10.3. The van der Waals surface area contributed by atoms with Crippen LogP contribution in [0.25, 0.3) is 0 Å². The SMILES string of the molecule is CCCN(CCBr)C(=O)c1cc(Br)c(Br)s1. The van der Waals surface area contributed by atoms with Crippen LogP contribution in [0.15, 0.2) is 14.3 Å². The van der Waals surface area contributed by atoms with Crippen LogP contribution >= 0.6 is 59.1 Å². The van der Waals surface area contributed by atoms with Gasteiger partial charge in [-0.05, 0) is 44.3 Å². The Hall–Kier alpha value is 0.610. The van der Waals surface area contributed by atoms with Crippen molar-refractivity contribution in [1.82, 2.24) is 4.90 Å². The number of thiophene rings is 1.